The predicted octanol–water partition coefficient (Wildman–Crippen LogP) is 3.02. The SMILES string of the molecule is O=C(NCCC(O)c1ccccc1)C(=O)Nc1cccc2ccccc12. The van der Waals surface area contributed by atoms with Gasteiger partial charge in [-0.1, -0.05) is 66.7 Å². The van der Waals surface area contributed by atoms with Gasteiger partial charge in [-0.3, -0.25) is 9.59 Å². The van der Waals surface area contributed by atoms with Crippen molar-refractivity contribution in [1.82, 2.24) is 5.32 Å². The number of carbonyl (C=O) groups is 2. The van der Waals surface area contributed by atoms with Crippen molar-refractivity contribution in [3.63, 3.8) is 0 Å². The maximum absolute atomic E-state index is 12.1. The second kappa shape index (κ2) is 8.27. The van der Waals surface area contributed by atoms with Crippen molar-refractivity contribution < 1.29 is 14.7 Å². The maximum atomic E-state index is 12.1. The minimum absolute atomic E-state index is 0.206. The highest BCUT2D eigenvalue weighted by Crippen LogP contribution is 2.22. The van der Waals surface area contributed by atoms with Gasteiger partial charge in [0.2, 0.25) is 0 Å². The van der Waals surface area contributed by atoms with Gasteiger partial charge in [0.25, 0.3) is 0 Å². The van der Waals surface area contributed by atoms with Gasteiger partial charge in [-0.2, -0.15) is 0 Å². The summed E-state index contributed by atoms with van der Waals surface area (Å²) in [6, 6.07) is 22.3. The summed E-state index contributed by atoms with van der Waals surface area (Å²) in [6.07, 6.45) is -0.352. The number of benzene rings is 3. The van der Waals surface area contributed by atoms with E-state index >= 15 is 0 Å². The third-order valence-corrected chi connectivity index (χ3v) is 4.13. The van der Waals surface area contributed by atoms with Crippen LogP contribution in [0.3, 0.4) is 0 Å². The van der Waals surface area contributed by atoms with E-state index in [9.17, 15) is 14.7 Å². The number of amides is 2. The van der Waals surface area contributed by atoms with Crippen molar-refractivity contribution in [2.75, 3.05) is 11.9 Å². The third kappa shape index (κ3) is 4.26. The lowest BCUT2D eigenvalue weighted by Crippen LogP contribution is -2.36. The molecule has 1 atom stereocenters. The lowest BCUT2D eigenvalue weighted by molar-refractivity contribution is -0.136. The third-order valence-electron chi connectivity index (χ3n) is 4.13. The van der Waals surface area contributed by atoms with Crippen LogP contribution < -0.4 is 10.6 Å². The van der Waals surface area contributed by atoms with Crippen molar-refractivity contribution in [3.05, 3.63) is 78.4 Å². The second-order valence-corrected chi connectivity index (χ2v) is 5.95. The molecule has 3 N–H and O–H groups in total. The summed E-state index contributed by atoms with van der Waals surface area (Å²) in [5, 5.41) is 17.1. The van der Waals surface area contributed by atoms with Crippen molar-refractivity contribution >= 4 is 28.3 Å². The minimum atomic E-state index is -0.726. The zero-order valence-electron chi connectivity index (χ0n) is 14.2. The van der Waals surface area contributed by atoms with Crippen LogP contribution in [0, 0.1) is 0 Å². The van der Waals surface area contributed by atoms with Gasteiger partial charge in [0.15, 0.2) is 0 Å². The van der Waals surface area contributed by atoms with Crippen LogP contribution in [0.1, 0.15) is 18.1 Å². The molecule has 1 unspecified atom stereocenters. The molecule has 2 amide bonds. The van der Waals surface area contributed by atoms with Crippen LogP contribution in [0.4, 0.5) is 5.69 Å². The summed E-state index contributed by atoms with van der Waals surface area (Å²) in [4.78, 5) is 24.1. The fourth-order valence-electron chi connectivity index (χ4n) is 2.76. The Kier molecular flexibility index (Phi) is 5.61. The van der Waals surface area contributed by atoms with E-state index in [4.69, 9.17) is 0 Å². The molecule has 0 heterocycles. The second-order valence-electron chi connectivity index (χ2n) is 5.95. The minimum Gasteiger partial charge on any atom is -0.388 e. The molecule has 0 bridgehead atoms. The van der Waals surface area contributed by atoms with Gasteiger partial charge in [0.05, 0.1) is 6.10 Å². The van der Waals surface area contributed by atoms with Crippen LogP contribution in [0.15, 0.2) is 72.8 Å². The Balaban J connectivity index is 1.54. The molecule has 26 heavy (non-hydrogen) atoms. The number of anilines is 1. The number of carbonyl (C=O) groups excluding carboxylic acids is 2. The summed E-state index contributed by atoms with van der Waals surface area (Å²) < 4.78 is 0. The Morgan fingerprint density at radius 2 is 1.54 bits per heavy atom. The first-order chi connectivity index (χ1) is 12.6. The standard InChI is InChI=1S/C21H20N2O3/c24-19(16-8-2-1-3-9-16)13-14-22-20(25)21(26)23-18-12-6-10-15-7-4-5-11-17(15)18/h1-12,19,24H,13-14H2,(H,22,25)(H,23,26). The molecule has 0 aliphatic rings. The van der Waals surface area contributed by atoms with E-state index in [0.717, 1.165) is 16.3 Å². The van der Waals surface area contributed by atoms with Crippen LogP contribution in [-0.2, 0) is 9.59 Å². The Morgan fingerprint density at radius 1 is 0.846 bits per heavy atom. The van der Waals surface area contributed by atoms with Gasteiger partial charge in [-0.05, 0) is 23.4 Å². The normalized spacial score (nSPS) is 11.7. The highest BCUT2D eigenvalue weighted by Gasteiger charge is 2.15. The molecular formula is C21H20N2O3. The molecule has 3 aromatic rings. The van der Waals surface area contributed by atoms with E-state index in [1.807, 2.05) is 66.7 Å². The first-order valence-electron chi connectivity index (χ1n) is 8.45. The van der Waals surface area contributed by atoms with Gasteiger partial charge in [-0.25, -0.2) is 0 Å². The van der Waals surface area contributed by atoms with Crippen LogP contribution in [0.5, 0.6) is 0 Å². The molecular weight excluding hydrogens is 328 g/mol. The van der Waals surface area contributed by atoms with Gasteiger partial charge >= 0.3 is 11.8 Å². The smallest absolute Gasteiger partial charge is 0.313 e. The quantitative estimate of drug-likeness (QED) is 0.620. The zero-order valence-corrected chi connectivity index (χ0v) is 14.2. The van der Waals surface area contributed by atoms with Crippen molar-refractivity contribution in [1.29, 1.82) is 0 Å². The summed E-state index contributed by atoms with van der Waals surface area (Å²) in [7, 11) is 0. The molecule has 132 valence electrons. The fourth-order valence-corrected chi connectivity index (χ4v) is 2.76. The van der Waals surface area contributed by atoms with Crippen LogP contribution in [0.25, 0.3) is 10.8 Å². The first-order valence-corrected chi connectivity index (χ1v) is 8.45. The lowest BCUT2D eigenvalue weighted by Gasteiger charge is -2.12. The van der Waals surface area contributed by atoms with Gasteiger partial charge in [0, 0.05) is 17.6 Å². The number of hydrogen-bond acceptors (Lipinski definition) is 3. The molecule has 0 saturated carbocycles. The molecule has 5 nitrogen and oxygen atoms in total. The highest BCUT2D eigenvalue weighted by molar-refractivity contribution is 6.40. The fraction of sp³-hybridized carbons (Fsp3) is 0.143. The summed E-state index contributed by atoms with van der Waals surface area (Å²) >= 11 is 0. The van der Waals surface area contributed by atoms with E-state index in [0.29, 0.717) is 12.1 Å². The molecule has 0 aliphatic carbocycles. The number of aliphatic hydroxyl groups is 1. The van der Waals surface area contributed by atoms with Crippen molar-refractivity contribution in [2.45, 2.75) is 12.5 Å². The lowest BCUT2D eigenvalue weighted by atomic mass is 10.1. The van der Waals surface area contributed by atoms with Crippen molar-refractivity contribution in [2.24, 2.45) is 0 Å². The van der Waals surface area contributed by atoms with E-state index in [1.54, 1.807) is 6.07 Å². The topological polar surface area (TPSA) is 78.4 Å². The number of aliphatic hydroxyl groups excluding tert-OH is 1. The number of rotatable bonds is 5. The average molecular weight is 348 g/mol. The van der Waals surface area contributed by atoms with Gasteiger partial charge < -0.3 is 15.7 Å². The molecule has 5 heteroatoms. The summed E-state index contributed by atoms with van der Waals surface area (Å²) in [6.45, 7) is 0.206. The predicted molar refractivity (Wildman–Crippen MR) is 102 cm³/mol. The Bertz CT molecular complexity index is 904. The van der Waals surface area contributed by atoms with Crippen LogP contribution in [0.2, 0.25) is 0 Å². The van der Waals surface area contributed by atoms with Crippen molar-refractivity contribution in [3.8, 4) is 0 Å². The van der Waals surface area contributed by atoms with E-state index < -0.39 is 17.9 Å². The molecule has 0 radical (unpaired) electrons. The molecule has 0 spiro atoms. The molecule has 0 aliphatic heterocycles. The molecule has 3 rings (SSSR count). The maximum Gasteiger partial charge on any atom is 0.313 e. The monoisotopic (exact) mass is 348 g/mol. The molecule has 0 aromatic heterocycles. The van der Waals surface area contributed by atoms with E-state index in [2.05, 4.69) is 10.6 Å². The number of nitrogens with one attached hydrogen (secondary N) is 2. The Morgan fingerprint density at radius 3 is 2.35 bits per heavy atom. The van der Waals surface area contributed by atoms with Gasteiger partial charge in [-0.15, -0.1) is 0 Å². The molecule has 3 aromatic carbocycles. The van der Waals surface area contributed by atoms with Crippen LogP contribution >= 0.6 is 0 Å². The Hall–Kier alpha value is -3.18. The Labute approximate surface area is 151 Å². The first kappa shape index (κ1) is 17.6. The summed E-state index contributed by atoms with van der Waals surface area (Å²) in [5.74, 6) is -1.45. The molecule has 0 saturated heterocycles. The van der Waals surface area contributed by atoms with Crippen LogP contribution in [-0.4, -0.2) is 23.5 Å². The average Bonchev–Trinajstić information content (AvgIpc) is 2.68. The number of hydrogen-bond donors (Lipinski definition) is 3. The zero-order chi connectivity index (χ0) is 18.4. The highest BCUT2D eigenvalue weighted by atomic mass is 16.3. The van der Waals surface area contributed by atoms with E-state index in [1.165, 1.54) is 0 Å². The molecule has 0 fully saturated rings. The summed E-state index contributed by atoms with van der Waals surface area (Å²) in [5.41, 5.74) is 1.37. The number of fused-ring (bicyclic) bond motifs is 1. The van der Waals surface area contributed by atoms with E-state index in [-0.39, 0.29) is 6.54 Å². The largest absolute Gasteiger partial charge is 0.388 e. The van der Waals surface area contributed by atoms with Gasteiger partial charge in [0.1, 0.15) is 0 Å².